The van der Waals surface area contributed by atoms with Crippen molar-refractivity contribution >= 4 is 23.0 Å². The van der Waals surface area contributed by atoms with Crippen molar-refractivity contribution in [3.8, 4) is 11.5 Å². The molecule has 0 aliphatic heterocycles. The third-order valence-corrected chi connectivity index (χ3v) is 4.18. The standard InChI is InChI=1S/C21H19NO4/c1-25-19-11-7-17(8-12-19)22(18-9-13-20(26-2)14-10-18)16-5-3-15(4-6-16)21(23)24/h3-14H,1-2H3,(H,23,24)/p+1. The summed E-state index contributed by atoms with van der Waals surface area (Å²) < 4.78 is 10.5. The Morgan fingerprint density at radius 3 is 1.35 bits per heavy atom. The van der Waals surface area contributed by atoms with Crippen LogP contribution in [0, 0.1) is 0 Å². The SMILES string of the molecule is COc1ccc([NH+](c2ccc(OC)cc2)c2ccc(C(=O)O)cc2)cc1. The predicted octanol–water partition coefficient (Wildman–Crippen LogP) is 3.58. The van der Waals surface area contributed by atoms with Crippen molar-refractivity contribution in [2.24, 2.45) is 0 Å². The van der Waals surface area contributed by atoms with E-state index in [0.717, 1.165) is 33.5 Å². The van der Waals surface area contributed by atoms with Crippen LogP contribution in [0.5, 0.6) is 11.5 Å². The summed E-state index contributed by atoms with van der Waals surface area (Å²) in [6, 6.07) is 22.5. The molecule has 5 nitrogen and oxygen atoms in total. The topological polar surface area (TPSA) is 60.2 Å². The number of aromatic carboxylic acids is 1. The lowest BCUT2D eigenvalue weighted by atomic mass is 10.1. The zero-order chi connectivity index (χ0) is 18.5. The number of nitrogens with one attached hydrogen (secondary N) is 1. The van der Waals surface area contributed by atoms with Crippen LogP contribution in [0.1, 0.15) is 10.4 Å². The molecule has 26 heavy (non-hydrogen) atoms. The van der Waals surface area contributed by atoms with Gasteiger partial charge < -0.3 is 14.6 Å². The molecule has 0 fully saturated rings. The van der Waals surface area contributed by atoms with Crippen molar-refractivity contribution in [2.45, 2.75) is 0 Å². The van der Waals surface area contributed by atoms with Crippen molar-refractivity contribution in [3.63, 3.8) is 0 Å². The maximum atomic E-state index is 11.1. The fourth-order valence-electron chi connectivity index (χ4n) is 2.79. The van der Waals surface area contributed by atoms with E-state index in [0.29, 0.717) is 0 Å². The number of benzene rings is 3. The van der Waals surface area contributed by atoms with Gasteiger partial charge in [0.2, 0.25) is 0 Å². The predicted molar refractivity (Wildman–Crippen MR) is 99.3 cm³/mol. The molecule has 3 aromatic rings. The van der Waals surface area contributed by atoms with Crippen molar-refractivity contribution < 1.29 is 24.3 Å². The highest BCUT2D eigenvalue weighted by molar-refractivity contribution is 5.87. The Morgan fingerprint density at radius 1 is 0.692 bits per heavy atom. The van der Waals surface area contributed by atoms with Crippen molar-refractivity contribution in [1.29, 1.82) is 0 Å². The zero-order valence-corrected chi connectivity index (χ0v) is 14.6. The molecule has 5 heteroatoms. The maximum absolute atomic E-state index is 11.1. The molecule has 0 aliphatic carbocycles. The molecule has 0 heterocycles. The number of carboxylic acid groups (broad SMARTS) is 1. The van der Waals surface area contributed by atoms with Crippen LogP contribution in [0.25, 0.3) is 0 Å². The number of ether oxygens (including phenoxy) is 2. The molecule has 0 saturated heterocycles. The molecule has 0 aliphatic rings. The first-order chi connectivity index (χ1) is 12.6. The fourth-order valence-corrected chi connectivity index (χ4v) is 2.79. The summed E-state index contributed by atoms with van der Waals surface area (Å²) in [5.41, 5.74) is 3.22. The third-order valence-electron chi connectivity index (χ3n) is 4.18. The number of methoxy groups -OCH3 is 2. The summed E-state index contributed by atoms with van der Waals surface area (Å²) >= 11 is 0. The number of carbonyl (C=O) groups is 1. The van der Waals surface area contributed by atoms with Crippen LogP contribution in [-0.4, -0.2) is 25.3 Å². The van der Waals surface area contributed by atoms with E-state index in [1.165, 1.54) is 0 Å². The van der Waals surface area contributed by atoms with Gasteiger partial charge in [0.05, 0.1) is 19.8 Å². The summed E-state index contributed by atoms with van der Waals surface area (Å²) in [6.45, 7) is 0. The molecule has 0 unspecified atom stereocenters. The van der Waals surface area contributed by atoms with Gasteiger partial charge in [-0.15, -0.1) is 0 Å². The first kappa shape index (κ1) is 17.5. The van der Waals surface area contributed by atoms with Crippen molar-refractivity contribution in [2.75, 3.05) is 14.2 Å². The Balaban J connectivity index is 2.06. The molecule has 0 atom stereocenters. The van der Waals surface area contributed by atoms with Gasteiger partial charge in [-0.3, -0.25) is 0 Å². The second-order valence-corrected chi connectivity index (χ2v) is 5.71. The number of quaternary nitrogens is 1. The number of hydrogen-bond donors (Lipinski definition) is 2. The van der Waals surface area contributed by atoms with E-state index < -0.39 is 5.97 Å². The molecular weight excluding hydrogens is 330 g/mol. The Hall–Kier alpha value is -3.31. The van der Waals surface area contributed by atoms with Gasteiger partial charge in [-0.25, -0.2) is 9.69 Å². The zero-order valence-electron chi connectivity index (χ0n) is 14.6. The molecular formula is C21H20NO4+. The van der Waals surface area contributed by atoms with Gasteiger partial charge >= 0.3 is 5.97 Å². The Morgan fingerprint density at radius 2 is 1.04 bits per heavy atom. The molecule has 132 valence electrons. The highest BCUT2D eigenvalue weighted by Gasteiger charge is 2.19. The highest BCUT2D eigenvalue weighted by atomic mass is 16.5. The molecule has 3 rings (SSSR count). The summed E-state index contributed by atoms with van der Waals surface area (Å²) in [5, 5.41) is 9.13. The van der Waals surface area contributed by atoms with Crippen LogP contribution in [0.3, 0.4) is 0 Å². The van der Waals surface area contributed by atoms with Crippen LogP contribution in [-0.2, 0) is 0 Å². The summed E-state index contributed by atoms with van der Waals surface area (Å²) in [6.07, 6.45) is 0. The molecule has 3 aromatic carbocycles. The first-order valence-corrected chi connectivity index (χ1v) is 8.12. The Kier molecular flexibility index (Phi) is 5.20. The Bertz CT molecular complexity index is 824. The van der Waals surface area contributed by atoms with Crippen LogP contribution in [0.2, 0.25) is 0 Å². The summed E-state index contributed by atoms with van der Waals surface area (Å²) in [7, 11) is 3.27. The molecule has 0 aromatic heterocycles. The van der Waals surface area contributed by atoms with Gasteiger partial charge in [0.1, 0.15) is 28.6 Å². The van der Waals surface area contributed by atoms with Gasteiger partial charge in [-0.2, -0.15) is 0 Å². The maximum Gasteiger partial charge on any atom is 0.335 e. The largest absolute Gasteiger partial charge is 0.497 e. The van der Waals surface area contributed by atoms with Crippen LogP contribution in [0.15, 0.2) is 72.8 Å². The van der Waals surface area contributed by atoms with Gasteiger partial charge in [-0.1, -0.05) is 0 Å². The third kappa shape index (κ3) is 3.68. The molecule has 0 radical (unpaired) electrons. The summed E-state index contributed by atoms with van der Waals surface area (Å²) in [5.74, 6) is 0.625. The van der Waals surface area contributed by atoms with E-state index in [-0.39, 0.29) is 5.56 Å². The monoisotopic (exact) mass is 350 g/mol. The van der Waals surface area contributed by atoms with Crippen LogP contribution in [0.4, 0.5) is 17.1 Å². The number of hydrogen-bond acceptors (Lipinski definition) is 3. The van der Waals surface area contributed by atoms with Gasteiger partial charge in [0, 0.05) is 36.4 Å². The average Bonchev–Trinajstić information content (AvgIpc) is 2.69. The molecule has 0 bridgehead atoms. The van der Waals surface area contributed by atoms with E-state index in [4.69, 9.17) is 14.6 Å². The first-order valence-electron chi connectivity index (χ1n) is 8.12. The van der Waals surface area contributed by atoms with E-state index in [2.05, 4.69) is 0 Å². The van der Waals surface area contributed by atoms with Crippen molar-refractivity contribution in [3.05, 3.63) is 78.4 Å². The van der Waals surface area contributed by atoms with Gasteiger partial charge in [0.25, 0.3) is 0 Å². The fraction of sp³-hybridized carbons (Fsp3) is 0.0952. The van der Waals surface area contributed by atoms with Crippen LogP contribution >= 0.6 is 0 Å². The minimum atomic E-state index is -0.938. The Labute approximate surface area is 152 Å². The van der Waals surface area contributed by atoms with E-state index in [1.807, 2.05) is 60.7 Å². The van der Waals surface area contributed by atoms with Crippen LogP contribution < -0.4 is 14.4 Å². The minimum Gasteiger partial charge on any atom is -0.497 e. The lowest BCUT2D eigenvalue weighted by molar-refractivity contribution is -0.681. The highest BCUT2D eigenvalue weighted by Crippen LogP contribution is 2.20. The molecule has 0 saturated carbocycles. The van der Waals surface area contributed by atoms with E-state index in [9.17, 15) is 4.79 Å². The van der Waals surface area contributed by atoms with Crippen molar-refractivity contribution in [1.82, 2.24) is 0 Å². The smallest absolute Gasteiger partial charge is 0.335 e. The van der Waals surface area contributed by atoms with Gasteiger partial charge in [-0.05, 0) is 36.4 Å². The minimum absolute atomic E-state index is 0.262. The lowest BCUT2D eigenvalue weighted by Gasteiger charge is -2.19. The van der Waals surface area contributed by atoms with E-state index in [1.54, 1.807) is 26.4 Å². The van der Waals surface area contributed by atoms with Gasteiger partial charge in [0.15, 0.2) is 0 Å². The second-order valence-electron chi connectivity index (χ2n) is 5.71. The second kappa shape index (κ2) is 7.72. The van der Waals surface area contributed by atoms with E-state index >= 15 is 0 Å². The normalized spacial score (nSPS) is 10.6. The lowest BCUT2D eigenvalue weighted by Crippen LogP contribution is -2.96. The quantitative estimate of drug-likeness (QED) is 0.713. The number of rotatable bonds is 6. The molecule has 0 amide bonds. The molecule has 2 N–H and O–H groups in total. The summed E-state index contributed by atoms with van der Waals surface area (Å²) in [4.78, 5) is 12.1. The number of carboxylic acids is 1. The molecule has 0 spiro atoms. The average molecular weight is 350 g/mol.